The van der Waals surface area contributed by atoms with Crippen LogP contribution in [-0.4, -0.2) is 18.1 Å². The number of halogens is 2. The fourth-order valence-corrected chi connectivity index (χ4v) is 2.64. The van der Waals surface area contributed by atoms with E-state index in [0.29, 0.717) is 5.15 Å². The van der Waals surface area contributed by atoms with Gasteiger partial charge in [0.25, 0.3) is 0 Å². The summed E-state index contributed by atoms with van der Waals surface area (Å²) in [6.07, 6.45) is 2.82. The zero-order chi connectivity index (χ0) is 9.97. The lowest BCUT2D eigenvalue weighted by molar-refractivity contribution is 0.776. The second-order valence-corrected chi connectivity index (χ2v) is 5.09. The van der Waals surface area contributed by atoms with Crippen LogP contribution in [0.1, 0.15) is 6.42 Å². The van der Waals surface area contributed by atoms with Gasteiger partial charge in [-0.15, -0.1) is 0 Å². The highest BCUT2D eigenvalue weighted by atomic mass is 79.9. The van der Waals surface area contributed by atoms with Crippen molar-refractivity contribution in [1.82, 2.24) is 9.71 Å². The molecule has 1 fully saturated rings. The van der Waals surface area contributed by atoms with Crippen LogP contribution in [0.3, 0.4) is 0 Å². The van der Waals surface area contributed by atoms with Crippen LogP contribution in [0.5, 0.6) is 0 Å². The fourth-order valence-electron chi connectivity index (χ4n) is 1.22. The summed E-state index contributed by atoms with van der Waals surface area (Å²) in [5, 5.41) is 0.546. The van der Waals surface area contributed by atoms with Crippen molar-refractivity contribution in [1.29, 1.82) is 0 Å². The van der Waals surface area contributed by atoms with Gasteiger partial charge in [0.05, 0.1) is 5.69 Å². The zero-order valence-corrected chi connectivity index (χ0v) is 10.5. The van der Waals surface area contributed by atoms with Gasteiger partial charge in [-0.1, -0.05) is 11.6 Å². The molecule has 0 bridgehead atoms. The quantitative estimate of drug-likeness (QED) is 0.637. The highest BCUT2D eigenvalue weighted by molar-refractivity contribution is 9.10. The van der Waals surface area contributed by atoms with E-state index in [1.54, 1.807) is 18.3 Å². The molecule has 0 saturated carbocycles. The summed E-state index contributed by atoms with van der Waals surface area (Å²) in [4.78, 5) is 4.09. The molecule has 3 nitrogen and oxygen atoms in total. The van der Waals surface area contributed by atoms with Gasteiger partial charge >= 0.3 is 0 Å². The first-order chi connectivity index (χ1) is 6.77. The van der Waals surface area contributed by atoms with Gasteiger partial charge in [-0.2, -0.15) is 0 Å². The van der Waals surface area contributed by atoms with Crippen LogP contribution in [-0.2, 0) is 0 Å². The maximum atomic E-state index is 6.01. The normalized spacial score (nSPS) is 17.1. The van der Waals surface area contributed by atoms with Gasteiger partial charge in [-0.25, -0.2) is 9.71 Å². The van der Waals surface area contributed by atoms with Gasteiger partial charge in [0.15, 0.2) is 5.15 Å². The molecule has 0 amide bonds. The van der Waals surface area contributed by atoms with E-state index in [1.165, 1.54) is 0 Å². The molecule has 1 saturated heterocycles. The largest absolute Gasteiger partial charge is 0.300 e. The van der Waals surface area contributed by atoms with E-state index in [1.807, 2.05) is 6.07 Å². The van der Waals surface area contributed by atoms with Crippen LogP contribution in [0.25, 0.3) is 0 Å². The van der Waals surface area contributed by atoms with Crippen LogP contribution in [0.15, 0.2) is 16.7 Å². The van der Waals surface area contributed by atoms with Crippen LogP contribution < -0.4 is 9.03 Å². The molecule has 6 heteroatoms. The monoisotopic (exact) mass is 293 g/mol. The summed E-state index contributed by atoms with van der Waals surface area (Å²) in [7, 11) is 0. The Kier molecular flexibility index (Phi) is 3.54. The molecule has 1 N–H and O–H groups in total. The number of anilines is 1. The average molecular weight is 295 g/mol. The Bertz CT molecular complexity index is 330. The summed E-state index contributed by atoms with van der Waals surface area (Å²) in [6.45, 7) is 2.04. The molecule has 1 aromatic rings. The minimum atomic E-state index is 0.546. The number of pyridine rings is 1. The first-order valence-corrected chi connectivity index (χ1v) is 6.20. The third-order valence-corrected chi connectivity index (χ3v) is 3.53. The van der Waals surface area contributed by atoms with Crippen molar-refractivity contribution in [2.45, 2.75) is 6.42 Å². The lowest BCUT2D eigenvalue weighted by Gasteiger charge is -2.27. The molecule has 0 atom stereocenters. The summed E-state index contributed by atoms with van der Waals surface area (Å²) in [6, 6.07) is 1.98. The number of nitrogens with zero attached hydrogens (tertiary/aromatic N) is 2. The molecule has 0 aliphatic carbocycles. The molecular formula is C8H9BrClN3S. The van der Waals surface area contributed by atoms with Crippen molar-refractivity contribution < 1.29 is 0 Å². The van der Waals surface area contributed by atoms with E-state index in [2.05, 4.69) is 29.9 Å². The molecule has 0 aromatic carbocycles. The van der Waals surface area contributed by atoms with E-state index in [-0.39, 0.29) is 0 Å². The molecule has 1 aliphatic heterocycles. The predicted octanol–water partition coefficient (Wildman–Crippen LogP) is 2.86. The number of aromatic nitrogens is 1. The minimum absolute atomic E-state index is 0.546. The van der Waals surface area contributed by atoms with Gasteiger partial charge in [0.2, 0.25) is 0 Å². The summed E-state index contributed by atoms with van der Waals surface area (Å²) < 4.78 is 6.28. The third kappa shape index (κ3) is 2.34. The molecule has 2 heterocycles. The van der Waals surface area contributed by atoms with Gasteiger partial charge in [0, 0.05) is 35.9 Å². The Balaban J connectivity index is 2.24. The number of hydrogen-bond acceptors (Lipinski definition) is 4. The molecule has 76 valence electrons. The van der Waals surface area contributed by atoms with Gasteiger partial charge in [-0.05, 0) is 28.4 Å². The highest BCUT2D eigenvalue weighted by Gasteiger charge is 2.15. The number of rotatable bonds is 1. The Morgan fingerprint density at radius 2 is 2.50 bits per heavy atom. The predicted molar refractivity (Wildman–Crippen MR) is 64.5 cm³/mol. The van der Waals surface area contributed by atoms with E-state index in [4.69, 9.17) is 11.6 Å². The molecule has 1 aromatic heterocycles. The second-order valence-electron chi connectivity index (χ2n) is 2.90. The molecule has 0 radical (unpaired) electrons. The molecule has 0 spiro atoms. The van der Waals surface area contributed by atoms with Gasteiger partial charge in [-0.3, -0.25) is 0 Å². The van der Waals surface area contributed by atoms with E-state index >= 15 is 0 Å². The minimum Gasteiger partial charge on any atom is -0.300 e. The maximum absolute atomic E-state index is 6.01. The molecule has 1 aliphatic rings. The highest BCUT2D eigenvalue weighted by Crippen LogP contribution is 2.31. The summed E-state index contributed by atoms with van der Waals surface area (Å²) >= 11 is 11.0. The smallest absolute Gasteiger partial charge is 0.153 e. The third-order valence-electron chi connectivity index (χ3n) is 1.87. The zero-order valence-electron chi connectivity index (χ0n) is 7.33. The molecular weight excluding hydrogens is 286 g/mol. The van der Waals surface area contributed by atoms with E-state index < -0.39 is 0 Å². The lowest BCUT2D eigenvalue weighted by atomic mass is 10.3. The SMILES string of the molecule is Clc1ncc(Br)cc1N1CCCNS1. The van der Waals surface area contributed by atoms with Crippen LogP contribution in [0, 0.1) is 0 Å². The topological polar surface area (TPSA) is 28.2 Å². The maximum Gasteiger partial charge on any atom is 0.153 e. The summed E-state index contributed by atoms with van der Waals surface area (Å²) in [5.74, 6) is 0. The standard InChI is InChI=1S/C8H9BrClN3S/c9-6-4-7(8(10)11-5-6)13-3-1-2-12-14-13/h4-5,12H,1-3H2. The molecule has 0 unspecified atom stereocenters. The Labute approximate surface area is 101 Å². The first-order valence-electron chi connectivity index (χ1n) is 4.26. The van der Waals surface area contributed by atoms with Crippen molar-refractivity contribution in [2.75, 3.05) is 17.4 Å². The van der Waals surface area contributed by atoms with Gasteiger partial charge in [0.1, 0.15) is 0 Å². The van der Waals surface area contributed by atoms with Crippen molar-refractivity contribution in [3.63, 3.8) is 0 Å². The number of nitrogens with one attached hydrogen (secondary N) is 1. The van der Waals surface area contributed by atoms with Crippen LogP contribution in [0.2, 0.25) is 5.15 Å². The number of hydrogen-bond donors (Lipinski definition) is 1. The van der Waals surface area contributed by atoms with Crippen molar-refractivity contribution in [3.8, 4) is 0 Å². The molecule has 14 heavy (non-hydrogen) atoms. The van der Waals surface area contributed by atoms with Crippen molar-refractivity contribution >= 4 is 45.4 Å². The average Bonchev–Trinajstić information content (AvgIpc) is 2.23. The Morgan fingerprint density at radius 1 is 1.64 bits per heavy atom. The fraction of sp³-hybridized carbons (Fsp3) is 0.375. The van der Waals surface area contributed by atoms with E-state index in [0.717, 1.165) is 29.7 Å². The first kappa shape index (κ1) is 10.5. The van der Waals surface area contributed by atoms with Crippen molar-refractivity contribution in [3.05, 3.63) is 21.9 Å². The Morgan fingerprint density at radius 3 is 3.21 bits per heavy atom. The van der Waals surface area contributed by atoms with Crippen molar-refractivity contribution in [2.24, 2.45) is 0 Å². The van der Waals surface area contributed by atoms with E-state index in [9.17, 15) is 0 Å². The van der Waals surface area contributed by atoms with Gasteiger partial charge < -0.3 is 4.31 Å². The lowest BCUT2D eigenvalue weighted by Crippen LogP contribution is -2.30. The van der Waals surface area contributed by atoms with Crippen LogP contribution >= 0.6 is 39.7 Å². The van der Waals surface area contributed by atoms with Crippen LogP contribution in [0.4, 0.5) is 5.69 Å². The molecule has 2 rings (SSSR count). The second kappa shape index (κ2) is 4.70. The Hall–Kier alpha value is 0.0300. The summed E-state index contributed by atoms with van der Waals surface area (Å²) in [5.41, 5.74) is 0.957.